The third-order valence-electron chi connectivity index (χ3n) is 3.70. The van der Waals surface area contributed by atoms with Gasteiger partial charge in [-0.25, -0.2) is 14.3 Å². The van der Waals surface area contributed by atoms with Gasteiger partial charge in [0.25, 0.3) is 0 Å². The first-order valence-electron chi connectivity index (χ1n) is 8.47. The highest BCUT2D eigenvalue weighted by molar-refractivity contribution is 7.19. The molecule has 0 atom stereocenters. The summed E-state index contributed by atoms with van der Waals surface area (Å²) in [5, 5.41) is 8.25. The number of hydrogen-bond acceptors (Lipinski definition) is 9. The Balaban J connectivity index is 1.97. The van der Waals surface area contributed by atoms with Gasteiger partial charge in [0, 0.05) is 0 Å². The van der Waals surface area contributed by atoms with Crippen molar-refractivity contribution in [2.75, 3.05) is 20.8 Å². The van der Waals surface area contributed by atoms with Crippen molar-refractivity contribution in [3.63, 3.8) is 0 Å². The molecule has 2 aromatic heterocycles. The van der Waals surface area contributed by atoms with E-state index in [-0.39, 0.29) is 18.9 Å². The van der Waals surface area contributed by atoms with E-state index in [4.69, 9.17) is 19.0 Å². The van der Waals surface area contributed by atoms with Crippen molar-refractivity contribution in [1.82, 2.24) is 14.6 Å². The Morgan fingerprint density at radius 1 is 1.21 bits per heavy atom. The first-order valence-corrected chi connectivity index (χ1v) is 9.29. The number of thiazole rings is 1. The Morgan fingerprint density at radius 2 is 1.93 bits per heavy atom. The van der Waals surface area contributed by atoms with Crippen LogP contribution >= 0.6 is 11.3 Å². The molecule has 0 saturated carbocycles. The number of oxime groups is 1. The fraction of sp³-hybridized carbons (Fsp3) is 0.333. The smallest absolute Gasteiger partial charge is 0.361 e. The zero-order valence-electron chi connectivity index (χ0n) is 16.0. The Labute approximate surface area is 165 Å². The van der Waals surface area contributed by atoms with Gasteiger partial charge < -0.3 is 19.0 Å². The van der Waals surface area contributed by atoms with E-state index < -0.39 is 5.97 Å². The first-order chi connectivity index (χ1) is 13.6. The predicted octanol–water partition coefficient (Wildman–Crippen LogP) is 2.60. The van der Waals surface area contributed by atoms with Crippen LogP contribution in [-0.4, -0.2) is 47.1 Å². The Morgan fingerprint density at radius 3 is 2.57 bits per heavy atom. The molecule has 0 aliphatic carbocycles. The van der Waals surface area contributed by atoms with Crippen molar-refractivity contribution in [2.24, 2.45) is 5.16 Å². The summed E-state index contributed by atoms with van der Waals surface area (Å²) in [6.07, 6.45) is 0. The van der Waals surface area contributed by atoms with Gasteiger partial charge in [-0.3, -0.25) is 0 Å². The van der Waals surface area contributed by atoms with Crippen LogP contribution < -0.4 is 9.47 Å². The van der Waals surface area contributed by atoms with Crippen LogP contribution in [0.5, 0.6) is 11.5 Å². The number of ether oxygens (including phenoxy) is 3. The highest BCUT2D eigenvalue weighted by Crippen LogP contribution is 2.26. The topological polar surface area (TPSA) is 96.5 Å². The van der Waals surface area contributed by atoms with E-state index in [0.717, 1.165) is 5.75 Å². The zero-order valence-corrected chi connectivity index (χ0v) is 16.8. The number of benzene rings is 1. The van der Waals surface area contributed by atoms with E-state index in [2.05, 4.69) is 15.2 Å². The second-order valence-corrected chi connectivity index (χ2v) is 6.52. The predicted molar refractivity (Wildman–Crippen MR) is 103 cm³/mol. The van der Waals surface area contributed by atoms with E-state index in [0.29, 0.717) is 27.1 Å². The average molecular weight is 404 g/mol. The summed E-state index contributed by atoms with van der Waals surface area (Å²) in [6, 6.07) is 7.19. The van der Waals surface area contributed by atoms with Crippen LogP contribution in [0.3, 0.4) is 0 Å². The minimum atomic E-state index is -0.587. The number of hydrogen-bond donors (Lipinski definition) is 0. The molecule has 2 heterocycles. The zero-order chi connectivity index (χ0) is 20.1. The quantitative estimate of drug-likeness (QED) is 0.323. The lowest BCUT2D eigenvalue weighted by atomic mass is 10.2. The molecule has 0 saturated heterocycles. The molecule has 0 aliphatic rings. The molecule has 0 spiro atoms. The summed E-state index contributed by atoms with van der Waals surface area (Å²) >= 11 is 1.27. The molecule has 0 amide bonds. The molecule has 9 nitrogen and oxygen atoms in total. The molecule has 1 aromatic carbocycles. The summed E-state index contributed by atoms with van der Waals surface area (Å²) in [6.45, 7) is 3.89. The van der Waals surface area contributed by atoms with Crippen molar-refractivity contribution in [3.8, 4) is 11.5 Å². The van der Waals surface area contributed by atoms with Gasteiger partial charge in [-0.1, -0.05) is 16.5 Å². The number of fused-ring (bicyclic) bond motifs is 1. The lowest BCUT2D eigenvalue weighted by molar-refractivity contribution is -0.135. The molecule has 28 heavy (non-hydrogen) atoms. The molecule has 0 N–H and O–H groups in total. The van der Waals surface area contributed by atoms with E-state index >= 15 is 0 Å². The van der Waals surface area contributed by atoms with Gasteiger partial charge in [0.05, 0.1) is 18.6 Å². The maximum atomic E-state index is 12.4. The van der Waals surface area contributed by atoms with Crippen LogP contribution in [0, 0.1) is 6.92 Å². The van der Waals surface area contributed by atoms with Crippen LogP contribution in [0.4, 0.5) is 0 Å². The Kier molecular flexibility index (Phi) is 6.09. The number of aryl methyl sites for hydroxylation is 1. The van der Waals surface area contributed by atoms with Crippen LogP contribution in [0.15, 0.2) is 29.4 Å². The third-order valence-corrected chi connectivity index (χ3v) is 4.78. The van der Waals surface area contributed by atoms with Crippen LogP contribution in [0.2, 0.25) is 0 Å². The van der Waals surface area contributed by atoms with Gasteiger partial charge in [-0.2, -0.15) is 5.10 Å². The number of carbonyl (C=O) groups is 1. The Bertz CT molecular complexity index is 993. The number of methoxy groups -OCH3 is 1. The van der Waals surface area contributed by atoms with Gasteiger partial charge in [-0.15, -0.1) is 0 Å². The van der Waals surface area contributed by atoms with Crippen LogP contribution in [-0.2, 0) is 21.0 Å². The number of aromatic nitrogens is 3. The second-order valence-electron chi connectivity index (χ2n) is 5.54. The fourth-order valence-corrected chi connectivity index (χ4v) is 3.56. The van der Waals surface area contributed by atoms with Gasteiger partial charge in [0.2, 0.25) is 10.7 Å². The van der Waals surface area contributed by atoms with Crippen molar-refractivity contribution >= 4 is 28.0 Å². The largest absolute Gasteiger partial charge is 0.497 e. The summed E-state index contributed by atoms with van der Waals surface area (Å²) in [5.41, 5.74) is 0.674. The molecular weight excluding hydrogens is 384 g/mol. The highest BCUT2D eigenvalue weighted by atomic mass is 32.1. The number of carbonyl (C=O) groups excluding carboxylic acids is 1. The lowest BCUT2D eigenvalue weighted by Crippen LogP contribution is -2.20. The monoisotopic (exact) mass is 404 g/mol. The summed E-state index contributed by atoms with van der Waals surface area (Å²) in [4.78, 5) is 22.7. The molecule has 0 bridgehead atoms. The van der Waals surface area contributed by atoms with Gasteiger partial charge in [0.1, 0.15) is 36.7 Å². The summed E-state index contributed by atoms with van der Waals surface area (Å²) in [5.74, 6) is 1.40. The van der Waals surface area contributed by atoms with Crippen molar-refractivity contribution in [1.29, 1.82) is 0 Å². The van der Waals surface area contributed by atoms with Crippen LogP contribution in [0.25, 0.3) is 4.96 Å². The van der Waals surface area contributed by atoms with Crippen molar-refractivity contribution in [2.45, 2.75) is 20.5 Å². The number of rotatable bonds is 8. The van der Waals surface area contributed by atoms with E-state index in [9.17, 15) is 4.79 Å². The molecular formula is C18H20N4O5S. The SMILES string of the molecule is CCOC(=O)/C(=N\OC)c1sc2nc(C)nn2c1COc1ccc(OC)cc1. The molecule has 148 valence electrons. The maximum Gasteiger partial charge on any atom is 0.361 e. The number of esters is 1. The molecule has 0 radical (unpaired) electrons. The molecule has 0 fully saturated rings. The molecule has 10 heteroatoms. The fourth-order valence-electron chi connectivity index (χ4n) is 2.48. The summed E-state index contributed by atoms with van der Waals surface area (Å²) in [7, 11) is 2.97. The number of nitrogens with zero attached hydrogens (tertiary/aromatic N) is 4. The lowest BCUT2D eigenvalue weighted by Gasteiger charge is -2.09. The second kappa shape index (κ2) is 8.70. The third kappa shape index (κ3) is 4.06. The molecule has 0 aliphatic heterocycles. The minimum Gasteiger partial charge on any atom is -0.497 e. The standard InChI is InChI=1S/C18H20N4O5S/c1-5-26-17(23)15(21-25-4)16-14(22-18(28-16)19-11(2)20-22)10-27-13-8-6-12(24-3)7-9-13/h6-9H,5,10H2,1-4H3/b21-15-. The molecule has 3 aromatic rings. The van der Waals surface area contributed by atoms with E-state index in [1.807, 2.05) is 0 Å². The Hall–Kier alpha value is -3.14. The first kappa shape index (κ1) is 19.6. The highest BCUT2D eigenvalue weighted by Gasteiger charge is 2.26. The van der Waals surface area contributed by atoms with Gasteiger partial charge in [-0.05, 0) is 38.1 Å². The average Bonchev–Trinajstić information content (AvgIpc) is 3.21. The minimum absolute atomic E-state index is 0.0487. The molecule has 0 unspecified atom stereocenters. The van der Waals surface area contributed by atoms with E-state index in [1.54, 1.807) is 49.7 Å². The van der Waals surface area contributed by atoms with Gasteiger partial charge >= 0.3 is 5.97 Å². The van der Waals surface area contributed by atoms with Gasteiger partial charge in [0.15, 0.2) is 0 Å². The van der Waals surface area contributed by atoms with Crippen LogP contribution in [0.1, 0.15) is 23.3 Å². The van der Waals surface area contributed by atoms with Crippen molar-refractivity contribution < 1.29 is 23.8 Å². The van der Waals surface area contributed by atoms with Crippen molar-refractivity contribution in [3.05, 3.63) is 40.7 Å². The normalized spacial score (nSPS) is 11.5. The van der Waals surface area contributed by atoms with E-state index in [1.165, 1.54) is 18.4 Å². The molecule has 3 rings (SSSR count). The maximum absolute atomic E-state index is 12.4. The summed E-state index contributed by atoms with van der Waals surface area (Å²) < 4.78 is 17.8.